The van der Waals surface area contributed by atoms with Gasteiger partial charge in [0.25, 0.3) is 0 Å². The summed E-state index contributed by atoms with van der Waals surface area (Å²) in [4.78, 5) is 12.1. The molecule has 0 atom stereocenters. The first-order valence-corrected chi connectivity index (χ1v) is 10.6. The van der Waals surface area contributed by atoms with Crippen LogP contribution in [-0.2, 0) is 21.2 Å². The first-order chi connectivity index (χ1) is 14.1. The summed E-state index contributed by atoms with van der Waals surface area (Å²) in [6, 6.07) is 10.1. The molecule has 0 aliphatic rings. The molecule has 2 aromatic rings. The lowest BCUT2D eigenvalue weighted by Crippen LogP contribution is -2.39. The maximum atomic E-state index is 12.5. The van der Waals surface area contributed by atoms with Crippen molar-refractivity contribution < 1.29 is 31.5 Å². The van der Waals surface area contributed by atoms with Crippen molar-refractivity contribution in [2.45, 2.75) is 17.9 Å². The van der Waals surface area contributed by atoms with Crippen molar-refractivity contribution in [1.29, 1.82) is 0 Å². The van der Waals surface area contributed by atoms with Crippen LogP contribution in [0.1, 0.15) is 5.56 Å². The van der Waals surface area contributed by atoms with Crippen molar-refractivity contribution in [3.63, 3.8) is 0 Å². The van der Waals surface area contributed by atoms with Gasteiger partial charge in [-0.3, -0.25) is 4.79 Å². The number of alkyl halides is 2. The third kappa shape index (κ3) is 6.54. The number of benzene rings is 2. The molecule has 0 saturated heterocycles. The average Bonchev–Trinajstić information content (AvgIpc) is 2.68. The van der Waals surface area contributed by atoms with Gasteiger partial charge in [-0.15, -0.1) is 0 Å². The zero-order chi connectivity index (χ0) is 22.3. The number of carbonyl (C=O) groups excluding carboxylic acids is 1. The van der Waals surface area contributed by atoms with Crippen LogP contribution in [0.2, 0.25) is 5.02 Å². The van der Waals surface area contributed by atoms with E-state index in [1.165, 1.54) is 50.6 Å². The summed E-state index contributed by atoms with van der Waals surface area (Å²) < 4.78 is 60.0. The fourth-order valence-corrected chi connectivity index (χ4v) is 3.79. The molecule has 1 N–H and O–H groups in total. The molecule has 30 heavy (non-hydrogen) atoms. The van der Waals surface area contributed by atoms with Gasteiger partial charge in [0, 0.05) is 18.6 Å². The number of carbonyl (C=O) groups is 1. The summed E-state index contributed by atoms with van der Waals surface area (Å²) in [6.07, 6.45) is 0.380. The number of hydrogen-bond acceptors (Lipinski definition) is 5. The smallest absolute Gasteiger partial charge is 0.387 e. The highest BCUT2D eigenvalue weighted by Gasteiger charge is 2.22. The molecule has 2 aromatic carbocycles. The van der Waals surface area contributed by atoms with Crippen LogP contribution in [0.5, 0.6) is 11.5 Å². The van der Waals surface area contributed by atoms with E-state index in [4.69, 9.17) is 16.3 Å². The highest BCUT2D eigenvalue weighted by molar-refractivity contribution is 7.89. The van der Waals surface area contributed by atoms with E-state index in [9.17, 15) is 22.0 Å². The zero-order valence-corrected chi connectivity index (χ0v) is 17.8. The largest absolute Gasteiger partial charge is 0.493 e. The first kappa shape index (κ1) is 23.8. The molecule has 164 valence electrons. The van der Waals surface area contributed by atoms with Crippen molar-refractivity contribution in [2.75, 3.05) is 27.2 Å². The molecular formula is C19H21ClF2N2O5S. The van der Waals surface area contributed by atoms with Gasteiger partial charge in [-0.05, 0) is 48.4 Å². The predicted molar refractivity (Wildman–Crippen MR) is 108 cm³/mol. The van der Waals surface area contributed by atoms with Gasteiger partial charge < -0.3 is 14.8 Å². The molecule has 0 aliphatic carbocycles. The number of likely N-dealkylation sites (N-methyl/N-ethyl adjacent to an activating group) is 1. The minimum absolute atomic E-state index is 0.0281. The second-order valence-electron chi connectivity index (χ2n) is 6.18. The molecule has 2 rings (SSSR count). The fraction of sp³-hybridized carbons (Fsp3) is 0.316. The average molecular weight is 463 g/mol. The Balaban J connectivity index is 1.89. The number of nitrogens with one attached hydrogen (secondary N) is 1. The van der Waals surface area contributed by atoms with E-state index in [0.29, 0.717) is 11.4 Å². The van der Waals surface area contributed by atoms with Gasteiger partial charge in [0.2, 0.25) is 15.9 Å². The Morgan fingerprint density at radius 3 is 2.43 bits per heavy atom. The van der Waals surface area contributed by atoms with Gasteiger partial charge in [-0.25, -0.2) is 8.42 Å². The minimum Gasteiger partial charge on any atom is -0.493 e. The Morgan fingerprint density at radius 1 is 1.17 bits per heavy atom. The van der Waals surface area contributed by atoms with Crippen LogP contribution in [0.3, 0.4) is 0 Å². The van der Waals surface area contributed by atoms with Crippen LogP contribution in [-0.4, -0.2) is 52.5 Å². The fourth-order valence-electron chi connectivity index (χ4n) is 2.54. The van der Waals surface area contributed by atoms with E-state index >= 15 is 0 Å². The van der Waals surface area contributed by atoms with Crippen molar-refractivity contribution in [2.24, 2.45) is 0 Å². The van der Waals surface area contributed by atoms with Crippen molar-refractivity contribution in [3.8, 4) is 11.5 Å². The maximum Gasteiger partial charge on any atom is 0.387 e. The molecule has 0 spiro atoms. The maximum absolute atomic E-state index is 12.5. The normalized spacial score (nSPS) is 11.6. The number of nitrogens with zero attached hydrogens (tertiary/aromatic N) is 1. The number of rotatable bonds is 10. The van der Waals surface area contributed by atoms with Gasteiger partial charge in [0.15, 0.2) is 11.5 Å². The lowest BCUT2D eigenvalue weighted by molar-refractivity contribution is -0.121. The van der Waals surface area contributed by atoms with Crippen LogP contribution < -0.4 is 14.8 Å². The van der Waals surface area contributed by atoms with Crippen LogP contribution >= 0.6 is 11.6 Å². The molecule has 7 nitrogen and oxygen atoms in total. The summed E-state index contributed by atoms with van der Waals surface area (Å²) >= 11 is 5.76. The highest BCUT2D eigenvalue weighted by Crippen LogP contribution is 2.29. The Kier molecular flexibility index (Phi) is 8.39. The standard InChI is InChI=1S/C19H21ClF2N2O5S/c1-24(30(26,27)15-6-4-14(20)5-7-15)12-18(25)23-10-9-13-3-8-16(29-19(21)22)17(11-13)28-2/h3-8,11,19H,9-10,12H2,1-2H3,(H,23,25). The van der Waals surface area contributed by atoms with Crippen molar-refractivity contribution >= 4 is 27.5 Å². The van der Waals surface area contributed by atoms with Gasteiger partial charge in [-0.1, -0.05) is 17.7 Å². The quantitative estimate of drug-likeness (QED) is 0.587. The van der Waals surface area contributed by atoms with Gasteiger partial charge in [0.05, 0.1) is 18.6 Å². The third-order valence-corrected chi connectivity index (χ3v) is 6.14. The van der Waals surface area contributed by atoms with Gasteiger partial charge in [0.1, 0.15) is 0 Å². The second kappa shape index (κ2) is 10.6. The molecule has 0 unspecified atom stereocenters. The van der Waals surface area contributed by atoms with Crippen LogP contribution in [0.25, 0.3) is 0 Å². The summed E-state index contributed by atoms with van der Waals surface area (Å²) in [5, 5.41) is 3.02. The zero-order valence-electron chi connectivity index (χ0n) is 16.3. The lowest BCUT2D eigenvalue weighted by Gasteiger charge is -2.17. The van der Waals surface area contributed by atoms with E-state index in [1.54, 1.807) is 6.07 Å². The number of amides is 1. The van der Waals surface area contributed by atoms with Gasteiger partial charge >= 0.3 is 6.61 Å². The Hall–Kier alpha value is -2.43. The van der Waals surface area contributed by atoms with Crippen LogP contribution in [0.4, 0.5) is 8.78 Å². The molecule has 0 aromatic heterocycles. The van der Waals surface area contributed by atoms with Gasteiger partial charge in [-0.2, -0.15) is 13.1 Å². The van der Waals surface area contributed by atoms with E-state index in [-0.39, 0.29) is 29.5 Å². The Labute approximate surface area is 178 Å². The second-order valence-corrected chi connectivity index (χ2v) is 8.66. The monoisotopic (exact) mass is 462 g/mol. The Bertz CT molecular complexity index is 971. The molecule has 0 bridgehead atoms. The minimum atomic E-state index is -3.83. The van der Waals surface area contributed by atoms with Crippen molar-refractivity contribution in [3.05, 3.63) is 53.1 Å². The molecule has 0 fully saturated rings. The Morgan fingerprint density at radius 2 is 1.83 bits per heavy atom. The highest BCUT2D eigenvalue weighted by atomic mass is 35.5. The number of hydrogen-bond donors (Lipinski definition) is 1. The number of methoxy groups -OCH3 is 1. The van der Waals surface area contributed by atoms with Crippen molar-refractivity contribution in [1.82, 2.24) is 9.62 Å². The molecule has 0 radical (unpaired) electrons. The molecule has 0 aliphatic heterocycles. The predicted octanol–water partition coefficient (Wildman–Crippen LogP) is 2.93. The first-order valence-electron chi connectivity index (χ1n) is 8.74. The summed E-state index contributed by atoms with van der Waals surface area (Å²) in [5.74, 6) is -0.429. The lowest BCUT2D eigenvalue weighted by atomic mass is 10.1. The molecule has 0 heterocycles. The SMILES string of the molecule is COc1cc(CCNC(=O)CN(C)S(=O)(=O)c2ccc(Cl)cc2)ccc1OC(F)F. The van der Waals surface area contributed by atoms with E-state index in [1.807, 2.05) is 0 Å². The van der Waals surface area contributed by atoms with Crippen LogP contribution in [0.15, 0.2) is 47.4 Å². The van der Waals surface area contributed by atoms with E-state index in [0.717, 1.165) is 9.87 Å². The van der Waals surface area contributed by atoms with E-state index < -0.39 is 22.5 Å². The van der Waals surface area contributed by atoms with E-state index in [2.05, 4.69) is 10.1 Å². The molecule has 0 saturated carbocycles. The molecular weight excluding hydrogens is 442 g/mol. The molecule has 11 heteroatoms. The number of halogens is 3. The topological polar surface area (TPSA) is 84.9 Å². The summed E-state index contributed by atoms with van der Waals surface area (Å²) in [7, 11) is -1.20. The number of ether oxygens (including phenoxy) is 2. The number of sulfonamides is 1. The summed E-state index contributed by atoms with van der Waals surface area (Å²) in [6.45, 7) is -3.12. The van der Waals surface area contributed by atoms with Crippen LogP contribution in [0, 0.1) is 0 Å². The molecule has 1 amide bonds. The summed E-state index contributed by atoms with van der Waals surface area (Å²) in [5.41, 5.74) is 0.718. The third-order valence-electron chi connectivity index (χ3n) is 4.07.